The van der Waals surface area contributed by atoms with Crippen LogP contribution >= 0.6 is 0 Å². The van der Waals surface area contributed by atoms with Crippen LogP contribution in [-0.4, -0.2) is 48.4 Å². The fraction of sp³-hybridized carbons (Fsp3) is 0.962. The first kappa shape index (κ1) is 24.7. The largest absolute Gasteiger partial charge is 0.342 e. The Morgan fingerprint density at radius 3 is 2.00 bits per heavy atom. The molecule has 0 N–H and O–H groups in total. The highest BCUT2D eigenvalue weighted by molar-refractivity contribution is 5.78. The van der Waals surface area contributed by atoms with E-state index in [-0.39, 0.29) is 5.92 Å². The summed E-state index contributed by atoms with van der Waals surface area (Å²) in [5.41, 5.74) is 0.535. The molecule has 3 heteroatoms. The highest BCUT2D eigenvalue weighted by atomic mass is 16.2. The lowest BCUT2D eigenvalue weighted by atomic mass is 9.71. The van der Waals surface area contributed by atoms with Crippen molar-refractivity contribution in [1.82, 2.24) is 9.80 Å². The summed E-state index contributed by atoms with van der Waals surface area (Å²) in [6, 6.07) is 0. The molecular weight excluding hydrogens is 356 g/mol. The maximum atomic E-state index is 12.8. The molecule has 170 valence electrons. The summed E-state index contributed by atoms with van der Waals surface area (Å²) in [4.78, 5) is 17.7. The van der Waals surface area contributed by atoms with Gasteiger partial charge in [-0.1, -0.05) is 66.2 Å². The van der Waals surface area contributed by atoms with E-state index >= 15 is 0 Å². The highest BCUT2D eigenvalue weighted by Gasteiger charge is 2.38. The number of likely N-dealkylation sites (tertiary alicyclic amines) is 2. The van der Waals surface area contributed by atoms with Gasteiger partial charge >= 0.3 is 0 Å². The normalized spacial score (nSPS) is 22.0. The van der Waals surface area contributed by atoms with E-state index in [1.165, 1.54) is 96.7 Å². The number of nitrogens with zero attached hydrogens (tertiary/aromatic N) is 2. The third-order valence-corrected chi connectivity index (χ3v) is 7.94. The van der Waals surface area contributed by atoms with Crippen molar-refractivity contribution in [2.45, 2.75) is 111 Å². The summed E-state index contributed by atoms with van der Waals surface area (Å²) in [6.07, 6.45) is 16.9. The maximum Gasteiger partial charge on any atom is 0.225 e. The molecule has 2 heterocycles. The van der Waals surface area contributed by atoms with Gasteiger partial charge in [0.05, 0.1) is 0 Å². The van der Waals surface area contributed by atoms with E-state index in [9.17, 15) is 4.79 Å². The molecule has 2 aliphatic rings. The van der Waals surface area contributed by atoms with Crippen LogP contribution in [0, 0.1) is 17.3 Å². The Bertz CT molecular complexity index is 446. The summed E-state index contributed by atoms with van der Waals surface area (Å²) in [5, 5.41) is 0. The Hall–Kier alpha value is -0.570. The zero-order chi connectivity index (χ0) is 21.1. The van der Waals surface area contributed by atoms with Gasteiger partial charge in [0.1, 0.15) is 0 Å². The van der Waals surface area contributed by atoms with Crippen LogP contribution in [0.4, 0.5) is 0 Å². The number of rotatable bonds is 12. The predicted molar refractivity (Wildman–Crippen MR) is 125 cm³/mol. The van der Waals surface area contributed by atoms with Crippen molar-refractivity contribution in [2.75, 3.05) is 32.7 Å². The number of amides is 1. The standard InChI is InChI=1S/C26H50N2O/c1-5-7-9-13-24(4)25(29)28-21-16-26(17-22-28)14-19-27(20-15-26)18-10-12-23(3)11-8-6-2/h23-24H,5-22H2,1-4H3. The van der Waals surface area contributed by atoms with Gasteiger partial charge in [-0.15, -0.1) is 0 Å². The molecule has 3 nitrogen and oxygen atoms in total. The van der Waals surface area contributed by atoms with Gasteiger partial charge < -0.3 is 9.80 Å². The number of carbonyl (C=O) groups is 1. The quantitative estimate of drug-likeness (QED) is 0.345. The van der Waals surface area contributed by atoms with Crippen molar-refractivity contribution in [3.05, 3.63) is 0 Å². The molecule has 0 aromatic carbocycles. The van der Waals surface area contributed by atoms with Gasteiger partial charge in [0.2, 0.25) is 5.91 Å². The molecule has 2 unspecified atom stereocenters. The van der Waals surface area contributed by atoms with E-state index in [0.717, 1.165) is 25.4 Å². The van der Waals surface area contributed by atoms with Gasteiger partial charge in [-0.25, -0.2) is 0 Å². The van der Waals surface area contributed by atoms with Crippen LogP contribution in [0.1, 0.15) is 111 Å². The summed E-state index contributed by atoms with van der Waals surface area (Å²) in [6.45, 7) is 15.0. The van der Waals surface area contributed by atoms with Crippen LogP contribution in [0.3, 0.4) is 0 Å². The molecule has 0 aliphatic carbocycles. The molecule has 2 atom stereocenters. The molecule has 0 radical (unpaired) electrons. The van der Waals surface area contributed by atoms with Crippen LogP contribution in [0.2, 0.25) is 0 Å². The molecule has 0 saturated carbocycles. The third kappa shape index (κ3) is 8.23. The smallest absolute Gasteiger partial charge is 0.225 e. The SMILES string of the molecule is CCCCCC(C)C(=O)N1CCC2(CCN(CCCC(C)CCCC)CC2)CC1. The average Bonchev–Trinajstić information content (AvgIpc) is 2.74. The lowest BCUT2D eigenvalue weighted by Crippen LogP contribution is -2.49. The highest BCUT2D eigenvalue weighted by Crippen LogP contribution is 2.41. The molecule has 2 saturated heterocycles. The molecule has 2 aliphatic heterocycles. The maximum absolute atomic E-state index is 12.8. The number of piperidine rings is 2. The molecule has 1 amide bonds. The van der Waals surface area contributed by atoms with Crippen molar-refractivity contribution in [3.63, 3.8) is 0 Å². The number of hydrogen-bond acceptors (Lipinski definition) is 2. The van der Waals surface area contributed by atoms with Gasteiger partial charge in [-0.2, -0.15) is 0 Å². The van der Waals surface area contributed by atoms with Crippen molar-refractivity contribution in [3.8, 4) is 0 Å². The third-order valence-electron chi connectivity index (χ3n) is 7.94. The van der Waals surface area contributed by atoms with Gasteiger partial charge in [-0.3, -0.25) is 4.79 Å². The van der Waals surface area contributed by atoms with E-state index in [2.05, 4.69) is 37.5 Å². The van der Waals surface area contributed by atoms with E-state index in [0.29, 0.717) is 11.3 Å². The number of hydrogen-bond donors (Lipinski definition) is 0. The predicted octanol–water partition coefficient (Wildman–Crippen LogP) is 6.51. The Balaban J connectivity index is 1.63. The summed E-state index contributed by atoms with van der Waals surface area (Å²) in [5.74, 6) is 1.54. The molecule has 0 aromatic rings. The first-order valence-corrected chi connectivity index (χ1v) is 13.0. The van der Waals surface area contributed by atoms with Crippen LogP contribution in [0.15, 0.2) is 0 Å². The second-order valence-corrected chi connectivity index (χ2v) is 10.5. The van der Waals surface area contributed by atoms with E-state index < -0.39 is 0 Å². The second-order valence-electron chi connectivity index (χ2n) is 10.5. The van der Waals surface area contributed by atoms with Crippen LogP contribution in [0.5, 0.6) is 0 Å². The second kappa shape index (κ2) is 13.0. The van der Waals surface area contributed by atoms with E-state index in [1.807, 2.05) is 0 Å². The van der Waals surface area contributed by atoms with Crippen molar-refractivity contribution in [2.24, 2.45) is 17.3 Å². The summed E-state index contributed by atoms with van der Waals surface area (Å²) < 4.78 is 0. The van der Waals surface area contributed by atoms with Crippen LogP contribution in [-0.2, 0) is 4.79 Å². The Morgan fingerprint density at radius 1 is 0.793 bits per heavy atom. The van der Waals surface area contributed by atoms with E-state index in [1.54, 1.807) is 0 Å². The Labute approximate surface area is 182 Å². The average molecular weight is 407 g/mol. The fourth-order valence-electron chi connectivity index (χ4n) is 5.45. The molecule has 0 bridgehead atoms. The summed E-state index contributed by atoms with van der Waals surface area (Å²) >= 11 is 0. The number of unbranched alkanes of at least 4 members (excludes halogenated alkanes) is 3. The Morgan fingerprint density at radius 2 is 1.38 bits per heavy atom. The van der Waals surface area contributed by atoms with Crippen LogP contribution < -0.4 is 0 Å². The number of carbonyl (C=O) groups excluding carboxylic acids is 1. The zero-order valence-electron chi connectivity index (χ0n) is 20.2. The monoisotopic (exact) mass is 406 g/mol. The minimum absolute atomic E-state index is 0.220. The van der Waals surface area contributed by atoms with Crippen molar-refractivity contribution in [1.29, 1.82) is 0 Å². The molecule has 1 spiro atoms. The fourth-order valence-corrected chi connectivity index (χ4v) is 5.45. The van der Waals surface area contributed by atoms with Gasteiger partial charge in [0, 0.05) is 19.0 Å². The first-order valence-electron chi connectivity index (χ1n) is 13.0. The lowest BCUT2D eigenvalue weighted by molar-refractivity contribution is -0.138. The van der Waals surface area contributed by atoms with Crippen molar-refractivity contribution >= 4 is 5.91 Å². The van der Waals surface area contributed by atoms with Gasteiger partial charge in [-0.05, 0) is 75.9 Å². The minimum Gasteiger partial charge on any atom is -0.342 e. The van der Waals surface area contributed by atoms with Crippen molar-refractivity contribution < 1.29 is 4.79 Å². The topological polar surface area (TPSA) is 23.6 Å². The van der Waals surface area contributed by atoms with Crippen LogP contribution in [0.25, 0.3) is 0 Å². The molecule has 2 rings (SSSR count). The van der Waals surface area contributed by atoms with E-state index in [4.69, 9.17) is 0 Å². The van der Waals surface area contributed by atoms with Gasteiger partial charge in [0.15, 0.2) is 0 Å². The molecule has 29 heavy (non-hydrogen) atoms. The van der Waals surface area contributed by atoms with Gasteiger partial charge in [0.25, 0.3) is 0 Å². The summed E-state index contributed by atoms with van der Waals surface area (Å²) in [7, 11) is 0. The molecule has 0 aromatic heterocycles. The Kier molecular flexibility index (Phi) is 11.0. The first-order chi connectivity index (χ1) is 14.0. The zero-order valence-corrected chi connectivity index (χ0v) is 20.2. The minimum atomic E-state index is 0.220. The molecular formula is C26H50N2O. The molecule has 2 fully saturated rings. The lowest BCUT2D eigenvalue weighted by Gasteiger charge is -2.47.